The third-order valence-corrected chi connectivity index (χ3v) is 7.20. The summed E-state index contributed by atoms with van der Waals surface area (Å²) in [5.74, 6) is 0. The zero-order chi connectivity index (χ0) is 19.6. The maximum atomic E-state index is 4.93. The molecule has 0 aliphatic rings. The molecule has 6 heteroatoms. The van der Waals surface area contributed by atoms with E-state index in [1.165, 1.54) is 15.2 Å². The number of hydrogen-bond acceptors (Lipinski definition) is 6. The first-order chi connectivity index (χ1) is 14.3. The molecule has 0 atom stereocenters. The summed E-state index contributed by atoms with van der Waals surface area (Å²) in [4.78, 5) is 12.1. The third kappa shape index (κ3) is 3.79. The summed E-state index contributed by atoms with van der Waals surface area (Å²) in [6.45, 7) is 0. The number of fused-ring (bicyclic) bond motifs is 1. The quantitative estimate of drug-likeness (QED) is 0.291. The SMILES string of the molecule is CSc1ccc2nc(Nc3nc(-c4ccccc4)c(-c4ccccc4)s3)sc2c1. The van der Waals surface area contributed by atoms with Crippen LogP contribution in [0.1, 0.15) is 0 Å². The molecular formula is C23H17N3S3. The Kier molecular flexibility index (Phi) is 5.06. The lowest BCUT2D eigenvalue weighted by Gasteiger charge is -2.02. The van der Waals surface area contributed by atoms with E-state index in [1.807, 2.05) is 24.3 Å². The molecule has 2 aromatic heterocycles. The lowest BCUT2D eigenvalue weighted by molar-refractivity contribution is 1.36. The van der Waals surface area contributed by atoms with Crippen LogP contribution >= 0.6 is 34.4 Å². The minimum Gasteiger partial charge on any atom is -0.307 e. The number of thiazole rings is 2. The Morgan fingerprint density at radius 2 is 1.45 bits per heavy atom. The van der Waals surface area contributed by atoms with Gasteiger partial charge in [-0.25, -0.2) is 9.97 Å². The molecule has 0 unspecified atom stereocenters. The summed E-state index contributed by atoms with van der Waals surface area (Å²) in [5, 5.41) is 5.16. The highest BCUT2D eigenvalue weighted by atomic mass is 32.2. The van der Waals surface area contributed by atoms with Gasteiger partial charge in [0, 0.05) is 10.5 Å². The summed E-state index contributed by atoms with van der Waals surface area (Å²) in [6.07, 6.45) is 2.09. The molecule has 3 nitrogen and oxygen atoms in total. The molecule has 142 valence electrons. The van der Waals surface area contributed by atoms with Gasteiger partial charge in [0.05, 0.1) is 20.8 Å². The van der Waals surface area contributed by atoms with Crippen LogP contribution in [0.15, 0.2) is 83.8 Å². The van der Waals surface area contributed by atoms with Gasteiger partial charge in [0.2, 0.25) is 0 Å². The van der Waals surface area contributed by atoms with Crippen molar-refractivity contribution in [1.82, 2.24) is 9.97 Å². The van der Waals surface area contributed by atoms with Gasteiger partial charge in [-0.1, -0.05) is 83.3 Å². The second kappa shape index (κ2) is 7.99. The fourth-order valence-electron chi connectivity index (χ4n) is 3.13. The molecule has 0 aliphatic heterocycles. The molecule has 0 spiro atoms. The first-order valence-electron chi connectivity index (χ1n) is 9.13. The fraction of sp³-hybridized carbons (Fsp3) is 0.0435. The molecule has 0 radical (unpaired) electrons. The van der Waals surface area contributed by atoms with Crippen LogP contribution in [-0.4, -0.2) is 16.2 Å². The Labute approximate surface area is 181 Å². The number of nitrogens with one attached hydrogen (secondary N) is 1. The topological polar surface area (TPSA) is 37.8 Å². The normalized spacial score (nSPS) is 11.1. The van der Waals surface area contributed by atoms with Crippen LogP contribution in [0.4, 0.5) is 10.3 Å². The summed E-state index contributed by atoms with van der Waals surface area (Å²) in [5.41, 5.74) is 4.30. The van der Waals surface area contributed by atoms with Crippen molar-refractivity contribution in [3.63, 3.8) is 0 Å². The van der Waals surface area contributed by atoms with Gasteiger partial charge in [0.15, 0.2) is 10.3 Å². The van der Waals surface area contributed by atoms with Crippen molar-refractivity contribution in [2.24, 2.45) is 0 Å². The van der Waals surface area contributed by atoms with E-state index in [0.29, 0.717) is 0 Å². The van der Waals surface area contributed by atoms with Crippen LogP contribution in [0.3, 0.4) is 0 Å². The summed E-state index contributed by atoms with van der Waals surface area (Å²) >= 11 is 5.07. The molecule has 1 N–H and O–H groups in total. The van der Waals surface area contributed by atoms with Crippen LogP contribution in [0.25, 0.3) is 31.9 Å². The van der Waals surface area contributed by atoms with Gasteiger partial charge >= 0.3 is 0 Å². The molecule has 0 saturated heterocycles. The number of anilines is 2. The van der Waals surface area contributed by atoms with Crippen LogP contribution in [-0.2, 0) is 0 Å². The summed E-state index contributed by atoms with van der Waals surface area (Å²) in [7, 11) is 0. The monoisotopic (exact) mass is 431 g/mol. The van der Waals surface area contributed by atoms with Gasteiger partial charge < -0.3 is 5.32 Å². The number of nitrogens with zero attached hydrogens (tertiary/aromatic N) is 2. The first kappa shape index (κ1) is 18.4. The molecule has 3 aromatic carbocycles. The second-order valence-electron chi connectivity index (χ2n) is 6.41. The molecule has 0 aliphatic carbocycles. The largest absolute Gasteiger partial charge is 0.307 e. The molecule has 5 aromatic rings. The van der Waals surface area contributed by atoms with Crippen molar-refractivity contribution in [2.75, 3.05) is 11.6 Å². The lowest BCUT2D eigenvalue weighted by atomic mass is 10.1. The molecule has 5 rings (SSSR count). The van der Waals surface area contributed by atoms with Gasteiger partial charge in [-0.2, -0.15) is 0 Å². The number of thioether (sulfide) groups is 1. The van der Waals surface area contributed by atoms with Gasteiger partial charge in [0.1, 0.15) is 0 Å². The molecule has 0 fully saturated rings. The Morgan fingerprint density at radius 1 is 0.759 bits per heavy atom. The van der Waals surface area contributed by atoms with Crippen LogP contribution in [0.5, 0.6) is 0 Å². The molecular weight excluding hydrogens is 414 g/mol. The van der Waals surface area contributed by atoms with Crippen molar-refractivity contribution in [1.29, 1.82) is 0 Å². The zero-order valence-corrected chi connectivity index (χ0v) is 18.1. The second-order valence-corrected chi connectivity index (χ2v) is 9.32. The molecule has 29 heavy (non-hydrogen) atoms. The highest BCUT2D eigenvalue weighted by molar-refractivity contribution is 7.98. The van der Waals surface area contributed by atoms with Gasteiger partial charge in [-0.15, -0.1) is 11.8 Å². The van der Waals surface area contributed by atoms with E-state index >= 15 is 0 Å². The van der Waals surface area contributed by atoms with E-state index in [-0.39, 0.29) is 0 Å². The minimum atomic E-state index is 0.854. The Morgan fingerprint density at radius 3 is 2.17 bits per heavy atom. The van der Waals surface area contributed by atoms with Crippen LogP contribution in [0, 0.1) is 0 Å². The molecule has 2 heterocycles. The average Bonchev–Trinajstić information content (AvgIpc) is 3.38. The number of aromatic nitrogens is 2. The lowest BCUT2D eigenvalue weighted by Crippen LogP contribution is -1.88. The minimum absolute atomic E-state index is 0.854. The van der Waals surface area contributed by atoms with E-state index in [0.717, 1.165) is 31.9 Å². The highest BCUT2D eigenvalue weighted by Gasteiger charge is 2.16. The van der Waals surface area contributed by atoms with E-state index in [4.69, 9.17) is 9.97 Å². The smallest absolute Gasteiger partial charge is 0.190 e. The van der Waals surface area contributed by atoms with Crippen molar-refractivity contribution in [3.05, 3.63) is 78.9 Å². The van der Waals surface area contributed by atoms with Gasteiger partial charge in [-0.3, -0.25) is 0 Å². The first-order valence-corrected chi connectivity index (χ1v) is 12.0. The number of benzene rings is 3. The van der Waals surface area contributed by atoms with Gasteiger partial charge in [0.25, 0.3) is 0 Å². The zero-order valence-electron chi connectivity index (χ0n) is 15.6. The number of rotatable bonds is 5. The summed E-state index contributed by atoms with van der Waals surface area (Å²) in [6, 6.07) is 27.1. The molecule has 0 amide bonds. The molecule has 0 saturated carbocycles. The van der Waals surface area contributed by atoms with E-state index in [1.54, 1.807) is 34.4 Å². The highest BCUT2D eigenvalue weighted by Crippen LogP contribution is 2.40. The van der Waals surface area contributed by atoms with Crippen LogP contribution < -0.4 is 5.32 Å². The number of hydrogen-bond donors (Lipinski definition) is 1. The Bertz CT molecular complexity index is 1200. The summed E-state index contributed by atoms with van der Waals surface area (Å²) < 4.78 is 1.18. The maximum absolute atomic E-state index is 4.93. The Hall–Kier alpha value is -2.67. The average molecular weight is 432 g/mol. The third-order valence-electron chi connectivity index (χ3n) is 4.52. The standard InChI is InChI=1S/C23H17N3S3/c1-27-17-12-13-18-19(14-17)28-22(24-18)26-23-25-20(15-8-4-2-5-9-15)21(29-23)16-10-6-3-7-11-16/h2-14H,1H3,(H,24,25,26). The Balaban J connectivity index is 1.55. The van der Waals surface area contributed by atoms with Crippen LogP contribution in [0.2, 0.25) is 0 Å². The van der Waals surface area contributed by atoms with Gasteiger partial charge in [-0.05, 0) is 30.0 Å². The van der Waals surface area contributed by atoms with E-state index < -0.39 is 0 Å². The predicted molar refractivity (Wildman–Crippen MR) is 128 cm³/mol. The van der Waals surface area contributed by atoms with Crippen molar-refractivity contribution >= 4 is 54.9 Å². The van der Waals surface area contributed by atoms with E-state index in [2.05, 4.69) is 66.2 Å². The van der Waals surface area contributed by atoms with Crippen molar-refractivity contribution < 1.29 is 0 Å². The predicted octanol–water partition coefficient (Wildman–Crippen LogP) is 7.55. The van der Waals surface area contributed by atoms with Crippen molar-refractivity contribution in [3.8, 4) is 21.7 Å². The molecule has 0 bridgehead atoms. The fourth-order valence-corrected chi connectivity index (χ4v) is 5.60. The van der Waals surface area contributed by atoms with E-state index in [9.17, 15) is 0 Å². The maximum Gasteiger partial charge on any atom is 0.190 e. The van der Waals surface area contributed by atoms with Crippen molar-refractivity contribution in [2.45, 2.75) is 4.90 Å².